The molecule has 12 heavy (non-hydrogen) atoms. The first kappa shape index (κ1) is 8.84. The summed E-state index contributed by atoms with van der Waals surface area (Å²) in [5, 5.41) is 8.61. The lowest BCUT2D eigenvalue weighted by atomic mass is 10.2. The van der Waals surface area contributed by atoms with Gasteiger partial charge in [0.25, 0.3) is 0 Å². The average molecular weight is 167 g/mol. The highest BCUT2D eigenvalue weighted by atomic mass is 16.4. The third kappa shape index (κ3) is 1.49. The minimum Gasteiger partial charge on any atom is -0.481 e. The van der Waals surface area contributed by atoms with Crippen LogP contribution in [-0.4, -0.2) is 15.6 Å². The van der Waals surface area contributed by atoms with Gasteiger partial charge in [0, 0.05) is 18.4 Å². The van der Waals surface area contributed by atoms with E-state index in [1.54, 1.807) is 0 Å². The molecule has 3 nitrogen and oxygen atoms in total. The Morgan fingerprint density at radius 1 is 1.58 bits per heavy atom. The summed E-state index contributed by atoms with van der Waals surface area (Å²) in [5.41, 5.74) is 3.04. The number of aliphatic carboxylic acids is 1. The summed E-state index contributed by atoms with van der Waals surface area (Å²) < 4.78 is 1.92. The molecule has 0 aliphatic carbocycles. The Bertz CT molecular complexity index is 313. The van der Waals surface area contributed by atoms with Crippen molar-refractivity contribution in [3.63, 3.8) is 0 Å². The highest BCUT2D eigenvalue weighted by Gasteiger charge is 2.09. The molecular weight excluding hydrogens is 154 g/mol. The summed E-state index contributed by atoms with van der Waals surface area (Å²) >= 11 is 0. The number of rotatable bonds is 2. The van der Waals surface area contributed by atoms with Crippen molar-refractivity contribution in [2.24, 2.45) is 7.05 Å². The minimum atomic E-state index is -0.778. The van der Waals surface area contributed by atoms with Crippen LogP contribution in [0.1, 0.15) is 17.0 Å². The fourth-order valence-electron chi connectivity index (χ4n) is 1.37. The van der Waals surface area contributed by atoms with E-state index in [1.165, 1.54) is 0 Å². The Balaban J connectivity index is 3.05. The molecule has 1 aromatic heterocycles. The molecule has 1 N–H and O–H groups in total. The van der Waals surface area contributed by atoms with E-state index in [-0.39, 0.29) is 6.42 Å². The number of hydrogen-bond acceptors (Lipinski definition) is 1. The van der Waals surface area contributed by atoms with Gasteiger partial charge in [0.05, 0.1) is 6.42 Å². The molecule has 0 aliphatic rings. The maximum absolute atomic E-state index is 10.5. The summed E-state index contributed by atoms with van der Waals surface area (Å²) in [6, 6.07) is 2.00. The Morgan fingerprint density at radius 3 is 2.50 bits per heavy atom. The second-order valence-electron chi connectivity index (χ2n) is 3.04. The Labute approximate surface area is 71.6 Å². The normalized spacial score (nSPS) is 10.2. The molecule has 0 atom stereocenters. The van der Waals surface area contributed by atoms with Crippen molar-refractivity contribution in [1.82, 2.24) is 4.57 Å². The standard InChI is InChI=1S/C9H13NO2/c1-6-4-7(2)10(3)8(6)5-9(11)12/h4H,5H2,1-3H3,(H,11,12). The van der Waals surface area contributed by atoms with Crippen LogP contribution in [0.3, 0.4) is 0 Å². The smallest absolute Gasteiger partial charge is 0.309 e. The number of aromatic nitrogens is 1. The highest BCUT2D eigenvalue weighted by Crippen LogP contribution is 2.13. The van der Waals surface area contributed by atoms with Gasteiger partial charge in [0.1, 0.15) is 0 Å². The van der Waals surface area contributed by atoms with Gasteiger partial charge >= 0.3 is 5.97 Å². The molecule has 0 fully saturated rings. The third-order valence-corrected chi connectivity index (χ3v) is 2.13. The van der Waals surface area contributed by atoms with Crippen LogP contribution >= 0.6 is 0 Å². The maximum atomic E-state index is 10.5. The first-order valence-electron chi connectivity index (χ1n) is 3.86. The molecule has 0 aliphatic heterocycles. The number of carboxylic acids is 1. The van der Waals surface area contributed by atoms with Crippen LogP contribution in [0.5, 0.6) is 0 Å². The van der Waals surface area contributed by atoms with Crippen molar-refractivity contribution in [1.29, 1.82) is 0 Å². The lowest BCUT2D eigenvalue weighted by Gasteiger charge is -2.02. The van der Waals surface area contributed by atoms with Crippen LogP contribution in [0.2, 0.25) is 0 Å². The molecule has 0 saturated heterocycles. The van der Waals surface area contributed by atoms with Crippen LogP contribution in [0.4, 0.5) is 0 Å². The van der Waals surface area contributed by atoms with E-state index in [4.69, 9.17) is 5.11 Å². The monoisotopic (exact) mass is 167 g/mol. The fourth-order valence-corrected chi connectivity index (χ4v) is 1.37. The summed E-state index contributed by atoms with van der Waals surface area (Å²) in [7, 11) is 1.89. The Kier molecular flexibility index (Phi) is 2.22. The number of hydrogen-bond donors (Lipinski definition) is 1. The van der Waals surface area contributed by atoms with Crippen molar-refractivity contribution in [2.75, 3.05) is 0 Å². The van der Waals surface area contributed by atoms with Crippen molar-refractivity contribution in [3.05, 3.63) is 23.0 Å². The molecule has 1 aromatic rings. The van der Waals surface area contributed by atoms with E-state index >= 15 is 0 Å². The van der Waals surface area contributed by atoms with E-state index in [2.05, 4.69) is 0 Å². The summed E-state index contributed by atoms with van der Waals surface area (Å²) in [4.78, 5) is 10.5. The predicted octanol–water partition coefficient (Wildman–Crippen LogP) is 1.27. The van der Waals surface area contributed by atoms with Crippen molar-refractivity contribution in [3.8, 4) is 0 Å². The van der Waals surface area contributed by atoms with Crippen LogP contribution in [-0.2, 0) is 18.3 Å². The van der Waals surface area contributed by atoms with Gasteiger partial charge in [-0.1, -0.05) is 0 Å². The average Bonchev–Trinajstić information content (AvgIpc) is 2.16. The van der Waals surface area contributed by atoms with Gasteiger partial charge < -0.3 is 9.67 Å². The molecule has 0 aromatic carbocycles. The first-order chi connectivity index (χ1) is 5.52. The Morgan fingerprint density at radius 2 is 2.17 bits per heavy atom. The molecule has 66 valence electrons. The SMILES string of the molecule is Cc1cc(C)n(C)c1CC(=O)O. The largest absolute Gasteiger partial charge is 0.481 e. The number of nitrogens with zero attached hydrogens (tertiary/aromatic N) is 1. The number of carbonyl (C=O) groups is 1. The molecule has 3 heteroatoms. The Hall–Kier alpha value is -1.25. The molecule has 0 spiro atoms. The lowest BCUT2D eigenvalue weighted by molar-refractivity contribution is -0.136. The second kappa shape index (κ2) is 3.01. The van der Waals surface area contributed by atoms with Gasteiger partial charge in [-0.3, -0.25) is 4.79 Å². The van der Waals surface area contributed by atoms with Gasteiger partial charge in [-0.2, -0.15) is 0 Å². The lowest BCUT2D eigenvalue weighted by Crippen LogP contribution is -2.07. The maximum Gasteiger partial charge on any atom is 0.309 e. The molecule has 0 radical (unpaired) electrons. The summed E-state index contributed by atoms with van der Waals surface area (Å²) in [6.07, 6.45) is 0.107. The van der Waals surface area contributed by atoms with E-state index < -0.39 is 5.97 Å². The van der Waals surface area contributed by atoms with Gasteiger partial charge in [0.2, 0.25) is 0 Å². The van der Waals surface area contributed by atoms with E-state index in [9.17, 15) is 4.79 Å². The highest BCUT2D eigenvalue weighted by molar-refractivity contribution is 5.70. The summed E-state index contributed by atoms with van der Waals surface area (Å²) in [6.45, 7) is 3.91. The van der Waals surface area contributed by atoms with E-state index in [0.717, 1.165) is 17.0 Å². The van der Waals surface area contributed by atoms with Crippen molar-refractivity contribution >= 4 is 5.97 Å². The number of carboxylic acid groups (broad SMARTS) is 1. The molecule has 1 rings (SSSR count). The second-order valence-corrected chi connectivity index (χ2v) is 3.04. The minimum absolute atomic E-state index is 0.107. The summed E-state index contributed by atoms with van der Waals surface area (Å²) in [5.74, 6) is -0.778. The third-order valence-electron chi connectivity index (χ3n) is 2.13. The molecule has 0 bridgehead atoms. The van der Waals surface area contributed by atoms with Crippen molar-refractivity contribution in [2.45, 2.75) is 20.3 Å². The van der Waals surface area contributed by atoms with Crippen LogP contribution in [0.25, 0.3) is 0 Å². The van der Waals surface area contributed by atoms with E-state index in [0.29, 0.717) is 0 Å². The molecule has 0 amide bonds. The van der Waals surface area contributed by atoms with Gasteiger partial charge in [-0.05, 0) is 25.5 Å². The van der Waals surface area contributed by atoms with Crippen LogP contribution < -0.4 is 0 Å². The topological polar surface area (TPSA) is 42.2 Å². The quantitative estimate of drug-likeness (QED) is 0.720. The van der Waals surface area contributed by atoms with Gasteiger partial charge in [-0.25, -0.2) is 0 Å². The zero-order valence-electron chi connectivity index (χ0n) is 7.59. The van der Waals surface area contributed by atoms with Crippen LogP contribution in [0.15, 0.2) is 6.07 Å². The fraction of sp³-hybridized carbons (Fsp3) is 0.444. The molecule has 0 saturated carbocycles. The van der Waals surface area contributed by atoms with Gasteiger partial charge in [0.15, 0.2) is 0 Å². The van der Waals surface area contributed by atoms with Crippen LogP contribution in [0, 0.1) is 13.8 Å². The zero-order valence-corrected chi connectivity index (χ0v) is 7.59. The van der Waals surface area contributed by atoms with Gasteiger partial charge in [-0.15, -0.1) is 0 Å². The van der Waals surface area contributed by atoms with Crippen molar-refractivity contribution < 1.29 is 9.90 Å². The van der Waals surface area contributed by atoms with E-state index in [1.807, 2.05) is 31.5 Å². The molecule has 0 unspecified atom stereocenters. The zero-order chi connectivity index (χ0) is 9.30. The first-order valence-corrected chi connectivity index (χ1v) is 3.86. The number of aryl methyl sites for hydroxylation is 2. The predicted molar refractivity (Wildman–Crippen MR) is 46.2 cm³/mol. The molecule has 1 heterocycles. The molecular formula is C9H13NO2.